The van der Waals surface area contributed by atoms with Crippen molar-refractivity contribution in [1.82, 2.24) is 0 Å². The van der Waals surface area contributed by atoms with E-state index in [1.165, 1.54) is 11.8 Å². The summed E-state index contributed by atoms with van der Waals surface area (Å²) in [6, 6.07) is 23.7. The maximum atomic E-state index is 11.9. The summed E-state index contributed by atoms with van der Waals surface area (Å²) in [7, 11) is -1.11. The third kappa shape index (κ3) is 5.66. The van der Waals surface area contributed by atoms with Crippen molar-refractivity contribution in [2.24, 2.45) is 5.92 Å². The molecule has 150 valence electrons. The van der Waals surface area contributed by atoms with Crippen molar-refractivity contribution in [2.45, 2.75) is 29.5 Å². The fourth-order valence-corrected chi connectivity index (χ4v) is 5.20. The van der Waals surface area contributed by atoms with Crippen LogP contribution in [0.5, 0.6) is 0 Å². The van der Waals surface area contributed by atoms with E-state index < -0.39 is 25.7 Å². The quantitative estimate of drug-likeness (QED) is 0.336. The number of hydrogen-bond acceptors (Lipinski definition) is 4. The Morgan fingerprint density at radius 1 is 1.00 bits per heavy atom. The molecule has 3 atom stereocenters. The van der Waals surface area contributed by atoms with Crippen molar-refractivity contribution in [2.75, 3.05) is 5.75 Å². The minimum Gasteiger partial charge on any atom is -0.481 e. The number of carbonyl (C=O) groups is 1. The van der Waals surface area contributed by atoms with Gasteiger partial charge in [0.15, 0.2) is 0 Å². The van der Waals surface area contributed by atoms with Gasteiger partial charge in [0.25, 0.3) is 5.34 Å². The van der Waals surface area contributed by atoms with E-state index in [2.05, 4.69) is 0 Å². The number of hydrogen-bond donors (Lipinski definition) is 2. The van der Waals surface area contributed by atoms with Crippen LogP contribution in [0.25, 0.3) is 10.8 Å². The van der Waals surface area contributed by atoms with Crippen LogP contribution in [0, 0.1) is 5.92 Å². The molecule has 0 aliphatic carbocycles. The van der Waals surface area contributed by atoms with Gasteiger partial charge in [-0.3, -0.25) is 4.79 Å². The summed E-state index contributed by atoms with van der Waals surface area (Å²) >= 11 is 1.34. The molecule has 3 aromatic rings. The first kappa shape index (κ1) is 21.5. The van der Waals surface area contributed by atoms with Crippen molar-refractivity contribution in [3.63, 3.8) is 0 Å². The summed E-state index contributed by atoms with van der Waals surface area (Å²) < 4.78 is 11.9. The molecule has 2 N–H and O–H groups in total. The van der Waals surface area contributed by atoms with E-state index in [1.54, 1.807) is 0 Å². The molecule has 0 aliphatic heterocycles. The molecule has 4 nitrogen and oxygen atoms in total. The van der Waals surface area contributed by atoms with Gasteiger partial charge in [-0.2, -0.15) is 0 Å². The lowest BCUT2D eigenvalue weighted by Crippen LogP contribution is -2.40. The molecule has 3 unspecified atom stereocenters. The van der Waals surface area contributed by atoms with Crippen molar-refractivity contribution in [1.29, 1.82) is 0 Å². The van der Waals surface area contributed by atoms with Gasteiger partial charge in [-0.05, 0) is 47.7 Å². The molecule has 6 heteroatoms. The first-order chi connectivity index (χ1) is 14.0. The van der Waals surface area contributed by atoms with Gasteiger partial charge in [0, 0.05) is 4.90 Å². The largest absolute Gasteiger partial charge is 0.481 e. The number of thioether (sulfide) groups is 1. The zero-order valence-corrected chi connectivity index (χ0v) is 17.8. The molecule has 0 heterocycles. The first-order valence-corrected chi connectivity index (χ1v) is 11.4. The SMILES string of the molecule is O=[PH+]C(O)(CSc1ccc2ccccc2c1)C(CCCc1ccccc1)C(=O)O. The van der Waals surface area contributed by atoms with E-state index in [1.807, 2.05) is 72.8 Å². The Hall–Kier alpha value is -2.20. The Labute approximate surface area is 176 Å². The lowest BCUT2D eigenvalue weighted by Gasteiger charge is -2.22. The lowest BCUT2D eigenvalue weighted by atomic mass is 9.95. The minimum absolute atomic E-state index is 0.0651. The van der Waals surface area contributed by atoms with E-state index in [-0.39, 0.29) is 12.2 Å². The molecule has 3 rings (SSSR count). The fourth-order valence-electron chi connectivity index (χ4n) is 3.37. The predicted octanol–water partition coefficient (Wildman–Crippen LogP) is 5.37. The fraction of sp³-hybridized carbons (Fsp3) is 0.261. The zero-order valence-electron chi connectivity index (χ0n) is 16.0. The Kier molecular flexibility index (Phi) is 7.43. The number of carboxylic acids is 1. The molecule has 0 aromatic heterocycles. The number of benzene rings is 3. The third-order valence-electron chi connectivity index (χ3n) is 5.03. The standard InChI is InChI=1S/C23H23O4PS/c24-22(25)21(12-6-9-17-7-2-1-3-8-17)23(26,28-27)16-29-20-14-13-18-10-4-5-11-19(18)15-20/h1-5,7-8,10-11,13-15,21,26H,6,9,12,16H2,(H,24,25)/p+1. The van der Waals surface area contributed by atoms with Gasteiger partial charge in [0.2, 0.25) is 0 Å². The predicted molar refractivity (Wildman–Crippen MR) is 119 cm³/mol. The van der Waals surface area contributed by atoms with Crippen LogP contribution in [0.2, 0.25) is 0 Å². The van der Waals surface area contributed by atoms with Crippen LogP contribution in [0.1, 0.15) is 18.4 Å². The number of aliphatic carboxylic acids is 1. The van der Waals surface area contributed by atoms with Crippen LogP contribution in [-0.2, 0) is 15.8 Å². The second-order valence-corrected chi connectivity index (χ2v) is 9.21. The molecule has 0 saturated heterocycles. The molecule has 0 bridgehead atoms. The summed E-state index contributed by atoms with van der Waals surface area (Å²) in [6.45, 7) is 0. The Morgan fingerprint density at radius 3 is 2.38 bits per heavy atom. The van der Waals surface area contributed by atoms with Gasteiger partial charge in [-0.25, -0.2) is 0 Å². The number of aliphatic hydroxyl groups is 1. The van der Waals surface area contributed by atoms with Crippen LogP contribution in [-0.4, -0.2) is 27.3 Å². The molecule has 0 saturated carbocycles. The van der Waals surface area contributed by atoms with Crippen LogP contribution >= 0.6 is 20.2 Å². The van der Waals surface area contributed by atoms with Crippen LogP contribution in [0.4, 0.5) is 0 Å². The highest BCUT2D eigenvalue weighted by atomic mass is 32.2. The maximum Gasteiger partial charge on any atom is 0.361 e. The van der Waals surface area contributed by atoms with Crippen LogP contribution < -0.4 is 0 Å². The maximum absolute atomic E-state index is 11.9. The van der Waals surface area contributed by atoms with Crippen molar-refractivity contribution in [3.05, 3.63) is 78.4 Å². The minimum atomic E-state index is -1.77. The zero-order chi connectivity index (χ0) is 20.7. The van der Waals surface area contributed by atoms with Gasteiger partial charge in [-0.1, -0.05) is 65.2 Å². The van der Waals surface area contributed by atoms with Gasteiger partial charge >= 0.3 is 14.4 Å². The second-order valence-electron chi connectivity index (χ2n) is 7.09. The molecule has 3 aromatic carbocycles. The second kappa shape index (κ2) is 10.0. The van der Waals surface area contributed by atoms with Gasteiger partial charge < -0.3 is 10.2 Å². The average Bonchev–Trinajstić information content (AvgIpc) is 2.75. The van der Waals surface area contributed by atoms with Gasteiger partial charge in [0.1, 0.15) is 5.92 Å². The first-order valence-electron chi connectivity index (χ1n) is 9.52. The summed E-state index contributed by atoms with van der Waals surface area (Å²) in [6.07, 6.45) is 1.60. The van der Waals surface area contributed by atoms with E-state index >= 15 is 0 Å². The van der Waals surface area contributed by atoms with E-state index in [0.717, 1.165) is 27.7 Å². The number of rotatable bonds is 10. The molecule has 0 radical (unpaired) electrons. The lowest BCUT2D eigenvalue weighted by molar-refractivity contribution is -0.146. The van der Waals surface area contributed by atoms with Crippen LogP contribution in [0.15, 0.2) is 77.7 Å². The summed E-state index contributed by atoms with van der Waals surface area (Å²) in [5.41, 5.74) is 1.12. The molecule has 0 aliphatic rings. The van der Waals surface area contributed by atoms with Crippen molar-refractivity contribution in [3.8, 4) is 0 Å². The number of aryl methyl sites for hydroxylation is 1. The number of fused-ring (bicyclic) bond motifs is 1. The normalized spacial score (nSPS) is 14.5. The molecular weight excluding hydrogens is 403 g/mol. The van der Waals surface area contributed by atoms with E-state index in [0.29, 0.717) is 6.42 Å². The molecular formula is C23H24O4PS+. The third-order valence-corrected chi connectivity index (χ3v) is 7.34. The highest BCUT2D eigenvalue weighted by Gasteiger charge is 2.49. The van der Waals surface area contributed by atoms with Crippen molar-refractivity contribution >= 4 is 37.0 Å². The molecule has 0 spiro atoms. The average molecular weight is 427 g/mol. The topological polar surface area (TPSA) is 74.6 Å². The number of carboxylic acid groups (broad SMARTS) is 1. The molecule has 0 fully saturated rings. The molecule has 29 heavy (non-hydrogen) atoms. The van der Waals surface area contributed by atoms with Crippen molar-refractivity contribution < 1.29 is 19.6 Å². The van der Waals surface area contributed by atoms with Gasteiger partial charge in [0.05, 0.1) is 5.75 Å². The Bertz CT molecular complexity index is 979. The smallest absolute Gasteiger partial charge is 0.361 e. The Morgan fingerprint density at radius 2 is 1.69 bits per heavy atom. The Balaban J connectivity index is 1.66. The van der Waals surface area contributed by atoms with Crippen LogP contribution in [0.3, 0.4) is 0 Å². The monoisotopic (exact) mass is 427 g/mol. The molecule has 0 amide bonds. The van der Waals surface area contributed by atoms with Gasteiger partial charge in [-0.15, -0.1) is 11.8 Å². The highest BCUT2D eigenvalue weighted by molar-refractivity contribution is 7.99. The summed E-state index contributed by atoms with van der Waals surface area (Å²) in [4.78, 5) is 12.7. The van der Waals surface area contributed by atoms with E-state index in [4.69, 9.17) is 0 Å². The van der Waals surface area contributed by atoms with E-state index in [9.17, 15) is 19.6 Å². The highest BCUT2D eigenvalue weighted by Crippen LogP contribution is 2.38. The summed E-state index contributed by atoms with van der Waals surface area (Å²) in [5.74, 6) is -2.12. The summed E-state index contributed by atoms with van der Waals surface area (Å²) in [5, 5.41) is 21.0.